The molecule has 3 aliphatic heterocycles. The van der Waals surface area contributed by atoms with E-state index in [2.05, 4.69) is 14.8 Å². The summed E-state index contributed by atoms with van der Waals surface area (Å²) in [4.78, 5) is 32.1. The van der Waals surface area contributed by atoms with Crippen LogP contribution in [0.2, 0.25) is 0 Å². The summed E-state index contributed by atoms with van der Waals surface area (Å²) in [5.41, 5.74) is 5.11. The van der Waals surface area contributed by atoms with Crippen LogP contribution in [0.1, 0.15) is 68.5 Å². The summed E-state index contributed by atoms with van der Waals surface area (Å²) >= 11 is 0. The first-order valence-corrected chi connectivity index (χ1v) is 17.7. The molecule has 3 aliphatic rings. The molecular weight excluding hydrogens is 639 g/mol. The molecule has 1 aromatic carbocycles. The van der Waals surface area contributed by atoms with Gasteiger partial charge in [0.15, 0.2) is 17.7 Å². The van der Waals surface area contributed by atoms with Crippen molar-refractivity contribution in [2.45, 2.75) is 78.0 Å². The largest absolute Gasteiger partial charge is 0.490 e. The van der Waals surface area contributed by atoms with Gasteiger partial charge in [-0.15, -0.1) is 0 Å². The molecule has 0 radical (unpaired) electrons. The third-order valence-corrected chi connectivity index (χ3v) is 10.3. The van der Waals surface area contributed by atoms with Crippen LogP contribution in [-0.4, -0.2) is 93.1 Å². The third kappa shape index (κ3) is 6.44. The van der Waals surface area contributed by atoms with E-state index in [4.69, 9.17) is 24.2 Å². The average molecular weight is 687 g/mol. The summed E-state index contributed by atoms with van der Waals surface area (Å²) in [7, 11) is 1.93. The number of aryl methyl sites for hydroxylation is 2. The van der Waals surface area contributed by atoms with Crippen molar-refractivity contribution < 1.29 is 28.5 Å². The maximum absolute atomic E-state index is 15.8. The molecule has 2 fully saturated rings. The van der Waals surface area contributed by atoms with E-state index in [1.165, 1.54) is 6.07 Å². The van der Waals surface area contributed by atoms with Crippen LogP contribution < -0.4 is 9.64 Å². The molecule has 0 spiro atoms. The minimum absolute atomic E-state index is 0.276. The highest BCUT2D eigenvalue weighted by atomic mass is 19.1. The highest BCUT2D eigenvalue weighted by molar-refractivity contribution is 6.01. The number of hydrogen-bond donors (Lipinski definition) is 1. The van der Waals surface area contributed by atoms with Gasteiger partial charge in [-0.1, -0.05) is 0 Å². The Morgan fingerprint density at radius 3 is 2.50 bits per heavy atom. The van der Waals surface area contributed by atoms with Gasteiger partial charge in [-0.05, 0) is 83.6 Å². The monoisotopic (exact) mass is 686 g/mol. The zero-order valence-electron chi connectivity index (χ0n) is 29.9. The average Bonchev–Trinajstić information content (AvgIpc) is 3.43. The topological polar surface area (TPSA) is 115 Å². The Morgan fingerprint density at radius 2 is 1.80 bits per heavy atom. The smallest absolute Gasteiger partial charge is 0.337 e. The van der Waals surface area contributed by atoms with Crippen LogP contribution in [-0.2, 0) is 27.7 Å². The summed E-state index contributed by atoms with van der Waals surface area (Å²) in [6.07, 6.45) is 3.86. The molecule has 2 saturated heterocycles. The normalized spacial score (nSPS) is 18.3. The first-order chi connectivity index (χ1) is 23.9. The number of nitrogens with zero attached hydrogens (tertiary/aromatic N) is 6. The highest BCUT2D eigenvalue weighted by Gasteiger charge is 2.35. The zero-order valence-corrected chi connectivity index (χ0v) is 29.9. The van der Waals surface area contributed by atoms with E-state index >= 15 is 4.39 Å². The molecule has 3 aromatic heterocycles. The number of ether oxygens (including phenoxy) is 3. The van der Waals surface area contributed by atoms with Gasteiger partial charge in [-0.25, -0.2) is 24.1 Å². The zero-order chi connectivity index (χ0) is 35.3. The number of halogens is 1. The number of carboxylic acid groups (broad SMARTS) is 1. The summed E-state index contributed by atoms with van der Waals surface area (Å²) in [5.74, 6) is -0.476. The predicted octanol–water partition coefficient (Wildman–Crippen LogP) is 6.02. The molecule has 11 nitrogen and oxygen atoms in total. The van der Waals surface area contributed by atoms with Crippen molar-refractivity contribution in [1.29, 1.82) is 0 Å². The molecule has 1 N–H and O–H groups in total. The second-order valence-electron chi connectivity index (χ2n) is 14.7. The second kappa shape index (κ2) is 13.5. The second-order valence-corrected chi connectivity index (χ2v) is 14.7. The number of anilines is 1. The lowest BCUT2D eigenvalue weighted by Gasteiger charge is -2.41. The molecule has 0 unspecified atom stereocenters. The number of benzene rings is 1. The lowest BCUT2D eigenvalue weighted by atomic mass is 9.86. The van der Waals surface area contributed by atoms with E-state index in [9.17, 15) is 9.90 Å². The van der Waals surface area contributed by atoms with Crippen LogP contribution in [0.25, 0.3) is 33.5 Å². The molecule has 0 saturated carbocycles. The van der Waals surface area contributed by atoms with E-state index in [0.717, 1.165) is 87.0 Å². The van der Waals surface area contributed by atoms with Gasteiger partial charge in [0.1, 0.15) is 17.8 Å². The van der Waals surface area contributed by atoms with Crippen molar-refractivity contribution in [2.75, 3.05) is 50.9 Å². The van der Waals surface area contributed by atoms with Gasteiger partial charge < -0.3 is 28.8 Å². The number of aromatic nitrogens is 4. The molecular formula is C38H47FN6O5. The standard InChI is InChI=1S/C38H47FN6O5/c1-22-25-8-7-15-49-34(25)28(39)18-26(22)33-27-19-30(43(6)36(27)42-23(2)32(33)35(37(46)47)50-38(3,4)5)29-20-31(41-21-40-29)45-13-11-44(12-14-45)24-9-16-48-17-10-24/h18-21,24,35H,7-17H2,1-6H3,(H,46,47)/t35-/m0/s1. The van der Waals surface area contributed by atoms with Crippen molar-refractivity contribution >= 4 is 22.8 Å². The number of carboxylic acids is 1. The van der Waals surface area contributed by atoms with Crippen LogP contribution in [0.5, 0.6) is 5.75 Å². The maximum atomic E-state index is 15.8. The summed E-state index contributed by atoms with van der Waals surface area (Å²) in [6, 6.07) is 6.05. The lowest BCUT2D eigenvalue weighted by molar-refractivity contribution is -0.160. The van der Waals surface area contributed by atoms with Crippen molar-refractivity contribution in [3.8, 4) is 28.3 Å². The Kier molecular flexibility index (Phi) is 9.29. The van der Waals surface area contributed by atoms with Crippen molar-refractivity contribution in [3.05, 3.63) is 52.7 Å². The Labute approximate surface area is 292 Å². The fourth-order valence-corrected chi connectivity index (χ4v) is 7.84. The predicted molar refractivity (Wildman–Crippen MR) is 189 cm³/mol. The minimum atomic E-state index is -1.34. The third-order valence-electron chi connectivity index (χ3n) is 10.3. The van der Waals surface area contributed by atoms with Crippen LogP contribution >= 0.6 is 0 Å². The van der Waals surface area contributed by atoms with Crippen LogP contribution in [0, 0.1) is 19.7 Å². The first kappa shape index (κ1) is 34.3. The molecule has 7 rings (SSSR count). The molecule has 0 amide bonds. The number of carbonyl (C=O) groups is 1. The molecule has 12 heteroatoms. The van der Waals surface area contributed by atoms with Gasteiger partial charge in [0, 0.05) is 86.3 Å². The van der Waals surface area contributed by atoms with E-state index < -0.39 is 23.5 Å². The molecule has 1 atom stereocenters. The lowest BCUT2D eigenvalue weighted by Crippen LogP contribution is -2.51. The van der Waals surface area contributed by atoms with Gasteiger partial charge in [-0.2, -0.15) is 0 Å². The first-order valence-electron chi connectivity index (χ1n) is 17.7. The van der Waals surface area contributed by atoms with Gasteiger partial charge >= 0.3 is 5.97 Å². The highest BCUT2D eigenvalue weighted by Crippen LogP contribution is 2.45. The fraction of sp³-hybridized carbons (Fsp3) is 0.526. The quantitative estimate of drug-likeness (QED) is 0.248. The number of hydrogen-bond acceptors (Lipinski definition) is 9. The summed E-state index contributed by atoms with van der Waals surface area (Å²) in [6.45, 7) is 15.0. The van der Waals surface area contributed by atoms with Gasteiger partial charge in [0.05, 0.1) is 23.6 Å². The molecule has 50 heavy (non-hydrogen) atoms. The van der Waals surface area contributed by atoms with E-state index in [0.29, 0.717) is 52.5 Å². The Balaban J connectivity index is 1.35. The van der Waals surface area contributed by atoms with Crippen LogP contribution in [0.15, 0.2) is 24.5 Å². The minimum Gasteiger partial charge on any atom is -0.490 e. The maximum Gasteiger partial charge on any atom is 0.337 e. The Morgan fingerprint density at radius 1 is 1.06 bits per heavy atom. The van der Waals surface area contributed by atoms with E-state index in [1.54, 1.807) is 13.3 Å². The summed E-state index contributed by atoms with van der Waals surface area (Å²) < 4.78 is 35.4. The van der Waals surface area contributed by atoms with Crippen LogP contribution in [0.4, 0.5) is 10.2 Å². The fourth-order valence-electron chi connectivity index (χ4n) is 7.84. The van der Waals surface area contributed by atoms with E-state index in [1.807, 2.05) is 51.4 Å². The molecule has 4 aromatic rings. The number of aliphatic carboxylic acids is 1. The Hall–Kier alpha value is -4.13. The molecule has 0 bridgehead atoms. The summed E-state index contributed by atoms with van der Waals surface area (Å²) in [5, 5.41) is 11.3. The van der Waals surface area contributed by atoms with Gasteiger partial charge in [0.25, 0.3) is 0 Å². The number of pyridine rings is 1. The molecule has 266 valence electrons. The van der Waals surface area contributed by atoms with Crippen LogP contribution in [0.3, 0.4) is 0 Å². The number of piperazine rings is 1. The van der Waals surface area contributed by atoms with E-state index in [-0.39, 0.29) is 5.75 Å². The number of rotatable bonds is 7. The van der Waals surface area contributed by atoms with Crippen molar-refractivity contribution in [2.24, 2.45) is 7.05 Å². The van der Waals surface area contributed by atoms with Crippen molar-refractivity contribution in [1.82, 2.24) is 24.4 Å². The van der Waals surface area contributed by atoms with Gasteiger partial charge in [-0.3, -0.25) is 4.90 Å². The molecule has 6 heterocycles. The SMILES string of the molecule is Cc1nc2c(cc(-c3cc(N4CCN(C5CCOCC5)CC4)ncn3)n2C)c(-c2cc(F)c3c(c2C)CCCO3)c1[C@H](OC(C)(C)C)C(=O)O. The van der Waals surface area contributed by atoms with Crippen molar-refractivity contribution in [3.63, 3.8) is 0 Å². The molecule has 0 aliphatic carbocycles. The number of fused-ring (bicyclic) bond motifs is 2. The Bertz CT molecular complexity index is 1920. The van der Waals surface area contributed by atoms with Gasteiger partial charge in [0.2, 0.25) is 0 Å².